The molecular weight excluding hydrogens is 246 g/mol. The number of halogens is 1. The molecule has 0 saturated carbocycles. The van der Waals surface area contributed by atoms with Crippen molar-refractivity contribution in [3.05, 3.63) is 22.2 Å². The third-order valence-corrected chi connectivity index (χ3v) is 2.97. The first kappa shape index (κ1) is 12.0. The number of benzene rings is 1. The molecule has 0 fully saturated rings. The van der Waals surface area contributed by atoms with Gasteiger partial charge in [-0.3, -0.25) is 4.79 Å². The van der Waals surface area contributed by atoms with E-state index < -0.39 is 12.0 Å². The van der Waals surface area contributed by atoms with Gasteiger partial charge >= 0.3 is 5.97 Å². The topological polar surface area (TPSA) is 81.8 Å². The summed E-state index contributed by atoms with van der Waals surface area (Å²) in [6, 6.07) is 0.420. The van der Waals surface area contributed by atoms with Crippen molar-refractivity contribution in [2.24, 2.45) is 5.73 Å². The average Bonchev–Trinajstić information content (AvgIpc) is 2.77. The van der Waals surface area contributed by atoms with Crippen molar-refractivity contribution >= 4 is 17.6 Å². The quantitative estimate of drug-likeness (QED) is 0.862. The van der Waals surface area contributed by atoms with Crippen LogP contribution in [0.2, 0.25) is 5.02 Å². The maximum absolute atomic E-state index is 10.9. The van der Waals surface area contributed by atoms with Crippen molar-refractivity contribution in [3.63, 3.8) is 0 Å². The van der Waals surface area contributed by atoms with Crippen LogP contribution in [0.25, 0.3) is 0 Å². The van der Waals surface area contributed by atoms with E-state index in [4.69, 9.17) is 31.9 Å². The highest BCUT2D eigenvalue weighted by Crippen LogP contribution is 2.44. The van der Waals surface area contributed by atoms with Crippen molar-refractivity contribution in [2.45, 2.75) is 19.4 Å². The van der Waals surface area contributed by atoms with Crippen LogP contribution < -0.4 is 15.2 Å². The van der Waals surface area contributed by atoms with Crippen molar-refractivity contribution in [2.75, 3.05) is 6.79 Å². The third kappa shape index (κ3) is 1.92. The van der Waals surface area contributed by atoms with Gasteiger partial charge in [0.05, 0.1) is 5.02 Å². The molecule has 1 heterocycles. The zero-order chi connectivity index (χ0) is 12.6. The summed E-state index contributed by atoms with van der Waals surface area (Å²) in [5.74, 6) is -0.133. The van der Waals surface area contributed by atoms with Gasteiger partial charge in [0.15, 0.2) is 11.5 Å². The highest BCUT2D eigenvalue weighted by Gasteiger charge is 2.27. The van der Waals surface area contributed by atoms with Gasteiger partial charge in [0.25, 0.3) is 0 Å². The molecule has 0 amide bonds. The molecule has 0 radical (unpaired) electrons. The summed E-state index contributed by atoms with van der Waals surface area (Å²) in [5, 5.41) is 9.28. The Bertz CT molecular complexity index is 475. The molecule has 1 aliphatic rings. The predicted octanol–water partition coefficient (Wildman–Crippen LogP) is 1.72. The first-order chi connectivity index (χ1) is 8.06. The molecular formula is C11H12ClNO4. The SMILES string of the molecule is CCc1c(C(N)C(=O)O)cc(Cl)c2c1OCO2. The highest BCUT2D eigenvalue weighted by molar-refractivity contribution is 6.32. The lowest BCUT2D eigenvalue weighted by Crippen LogP contribution is -2.22. The maximum atomic E-state index is 10.9. The monoisotopic (exact) mass is 257 g/mol. The van der Waals surface area contributed by atoms with Crippen LogP contribution in [0.3, 0.4) is 0 Å². The molecule has 5 nitrogen and oxygen atoms in total. The van der Waals surface area contributed by atoms with Crippen molar-refractivity contribution in [3.8, 4) is 11.5 Å². The van der Waals surface area contributed by atoms with Gasteiger partial charge < -0.3 is 20.3 Å². The number of carbonyl (C=O) groups is 1. The Morgan fingerprint density at radius 3 is 2.82 bits per heavy atom. The lowest BCUT2D eigenvalue weighted by Gasteiger charge is -2.15. The Morgan fingerprint density at radius 1 is 1.59 bits per heavy atom. The van der Waals surface area contributed by atoms with Gasteiger partial charge in [-0.25, -0.2) is 0 Å². The van der Waals surface area contributed by atoms with Crippen LogP contribution in [0.1, 0.15) is 24.1 Å². The molecule has 1 atom stereocenters. The first-order valence-electron chi connectivity index (χ1n) is 5.15. The average molecular weight is 258 g/mol. The zero-order valence-corrected chi connectivity index (χ0v) is 9.95. The summed E-state index contributed by atoms with van der Waals surface area (Å²) in [6.45, 7) is 1.98. The number of fused-ring (bicyclic) bond motifs is 1. The van der Waals surface area contributed by atoms with E-state index in [1.807, 2.05) is 6.92 Å². The maximum Gasteiger partial charge on any atom is 0.325 e. The second-order valence-corrected chi connectivity index (χ2v) is 4.07. The van der Waals surface area contributed by atoms with Gasteiger partial charge in [0, 0.05) is 5.56 Å². The molecule has 0 saturated heterocycles. The van der Waals surface area contributed by atoms with E-state index >= 15 is 0 Å². The van der Waals surface area contributed by atoms with Gasteiger partial charge in [-0.05, 0) is 18.1 Å². The molecule has 1 unspecified atom stereocenters. The Morgan fingerprint density at radius 2 is 2.24 bits per heavy atom. The summed E-state index contributed by atoms with van der Waals surface area (Å²) in [7, 11) is 0. The van der Waals surface area contributed by atoms with Crippen LogP contribution in [-0.4, -0.2) is 17.9 Å². The number of rotatable bonds is 3. The minimum Gasteiger partial charge on any atom is -0.480 e. The van der Waals surface area contributed by atoms with Crippen LogP contribution in [0.5, 0.6) is 11.5 Å². The molecule has 3 N–H and O–H groups in total. The summed E-state index contributed by atoms with van der Waals surface area (Å²) in [4.78, 5) is 10.9. The van der Waals surface area contributed by atoms with Gasteiger partial charge in [-0.1, -0.05) is 18.5 Å². The fourth-order valence-corrected chi connectivity index (χ4v) is 2.13. The van der Waals surface area contributed by atoms with Gasteiger partial charge in [0.1, 0.15) is 6.04 Å². The Balaban J connectivity index is 2.60. The van der Waals surface area contributed by atoms with Crippen molar-refractivity contribution in [1.29, 1.82) is 0 Å². The number of aliphatic carboxylic acids is 1. The molecule has 1 aromatic rings. The molecule has 17 heavy (non-hydrogen) atoms. The summed E-state index contributed by atoms with van der Waals surface area (Å²) < 4.78 is 10.5. The zero-order valence-electron chi connectivity index (χ0n) is 9.20. The molecule has 0 spiro atoms. The van der Waals surface area contributed by atoms with Crippen LogP contribution in [0.15, 0.2) is 6.07 Å². The number of hydrogen-bond acceptors (Lipinski definition) is 4. The van der Waals surface area contributed by atoms with Crippen LogP contribution in [0.4, 0.5) is 0 Å². The summed E-state index contributed by atoms with van der Waals surface area (Å²) >= 11 is 6.00. The number of carboxylic acids is 1. The summed E-state index contributed by atoms with van der Waals surface area (Å²) in [5.41, 5.74) is 6.82. The van der Waals surface area contributed by atoms with Gasteiger partial charge in [-0.15, -0.1) is 0 Å². The summed E-state index contributed by atoms with van der Waals surface area (Å²) in [6.07, 6.45) is 0.596. The largest absolute Gasteiger partial charge is 0.480 e. The van der Waals surface area contributed by atoms with E-state index in [-0.39, 0.29) is 6.79 Å². The fraction of sp³-hybridized carbons (Fsp3) is 0.364. The minimum absolute atomic E-state index is 0.0911. The molecule has 1 aromatic carbocycles. The lowest BCUT2D eigenvalue weighted by molar-refractivity contribution is -0.138. The van der Waals surface area contributed by atoms with Crippen LogP contribution in [-0.2, 0) is 11.2 Å². The molecule has 0 aliphatic carbocycles. The van der Waals surface area contributed by atoms with Crippen molar-refractivity contribution < 1.29 is 19.4 Å². The van der Waals surface area contributed by atoms with E-state index in [1.165, 1.54) is 6.07 Å². The first-order valence-corrected chi connectivity index (χ1v) is 5.53. The van der Waals surface area contributed by atoms with Crippen LogP contribution in [0, 0.1) is 0 Å². The number of carboxylic acid groups (broad SMARTS) is 1. The molecule has 6 heteroatoms. The lowest BCUT2D eigenvalue weighted by atomic mass is 9.97. The third-order valence-electron chi connectivity index (χ3n) is 2.69. The molecule has 2 rings (SSSR count). The van der Waals surface area contributed by atoms with Gasteiger partial charge in [-0.2, -0.15) is 0 Å². The second-order valence-electron chi connectivity index (χ2n) is 3.66. The number of nitrogens with two attached hydrogens (primary N) is 1. The van der Waals surface area contributed by atoms with E-state index in [1.54, 1.807) is 0 Å². The van der Waals surface area contributed by atoms with Crippen molar-refractivity contribution in [1.82, 2.24) is 0 Å². The molecule has 92 valence electrons. The van der Waals surface area contributed by atoms with E-state index in [9.17, 15) is 4.79 Å². The fourth-order valence-electron chi connectivity index (χ4n) is 1.88. The van der Waals surface area contributed by atoms with E-state index in [2.05, 4.69) is 0 Å². The standard InChI is InChI=1S/C11H12ClNO4/c1-2-5-6(8(13)11(14)15)3-7(12)10-9(5)16-4-17-10/h3,8H,2,4,13H2,1H3,(H,14,15). The minimum atomic E-state index is -1.11. The number of ether oxygens (including phenoxy) is 2. The predicted molar refractivity (Wildman–Crippen MR) is 61.5 cm³/mol. The molecule has 0 aromatic heterocycles. The Hall–Kier alpha value is -1.46. The molecule has 0 bridgehead atoms. The Labute approximate surface area is 103 Å². The highest BCUT2D eigenvalue weighted by atomic mass is 35.5. The van der Waals surface area contributed by atoms with E-state index in [0.717, 1.165) is 5.56 Å². The Kier molecular flexibility index (Phi) is 3.13. The number of hydrogen-bond donors (Lipinski definition) is 2. The second kappa shape index (κ2) is 4.43. The van der Waals surface area contributed by atoms with Crippen LogP contribution >= 0.6 is 11.6 Å². The normalized spacial score (nSPS) is 14.8. The smallest absolute Gasteiger partial charge is 0.325 e. The molecule has 1 aliphatic heterocycles. The van der Waals surface area contributed by atoms with Gasteiger partial charge in [0.2, 0.25) is 6.79 Å². The van der Waals surface area contributed by atoms with E-state index in [0.29, 0.717) is 28.5 Å².